The fourth-order valence-electron chi connectivity index (χ4n) is 1.69. The van der Waals surface area contributed by atoms with E-state index in [1.54, 1.807) is 12.1 Å². The SMILES string of the molecule is O=C(COc1nc[nH]c(=O)c1[N+](=O)[O-])NCc1ccc(Cl)cc1Cl. The molecule has 1 amide bonds. The highest BCUT2D eigenvalue weighted by Crippen LogP contribution is 2.21. The zero-order valence-electron chi connectivity index (χ0n) is 11.9. The number of halogens is 2. The van der Waals surface area contributed by atoms with Crippen molar-refractivity contribution in [1.82, 2.24) is 15.3 Å². The predicted octanol–water partition coefficient (Wildman–Crippen LogP) is 1.68. The summed E-state index contributed by atoms with van der Waals surface area (Å²) in [6.07, 6.45) is 0.941. The molecule has 126 valence electrons. The Morgan fingerprint density at radius 2 is 2.17 bits per heavy atom. The molecule has 0 unspecified atom stereocenters. The largest absolute Gasteiger partial charge is 0.463 e. The van der Waals surface area contributed by atoms with Crippen molar-refractivity contribution in [3.8, 4) is 5.88 Å². The highest BCUT2D eigenvalue weighted by molar-refractivity contribution is 6.35. The zero-order valence-corrected chi connectivity index (χ0v) is 13.4. The highest BCUT2D eigenvalue weighted by Gasteiger charge is 2.22. The molecule has 0 atom stereocenters. The van der Waals surface area contributed by atoms with E-state index in [0.717, 1.165) is 6.33 Å². The van der Waals surface area contributed by atoms with Gasteiger partial charge in [0.2, 0.25) is 0 Å². The van der Waals surface area contributed by atoms with Crippen LogP contribution >= 0.6 is 23.2 Å². The maximum absolute atomic E-state index is 11.7. The Kier molecular flexibility index (Phi) is 5.72. The molecule has 0 saturated carbocycles. The molecule has 9 nitrogen and oxygen atoms in total. The van der Waals surface area contributed by atoms with Crippen LogP contribution in [-0.4, -0.2) is 27.4 Å². The number of nitrogens with one attached hydrogen (secondary N) is 2. The van der Waals surface area contributed by atoms with Gasteiger partial charge in [-0.25, -0.2) is 0 Å². The van der Waals surface area contributed by atoms with Crippen molar-refractivity contribution in [2.75, 3.05) is 6.61 Å². The van der Waals surface area contributed by atoms with Gasteiger partial charge in [0.1, 0.15) is 0 Å². The van der Waals surface area contributed by atoms with E-state index in [-0.39, 0.29) is 6.54 Å². The summed E-state index contributed by atoms with van der Waals surface area (Å²) in [5.74, 6) is -1.11. The summed E-state index contributed by atoms with van der Waals surface area (Å²) < 4.78 is 4.94. The van der Waals surface area contributed by atoms with Crippen LogP contribution in [0.2, 0.25) is 10.0 Å². The number of carbonyl (C=O) groups excluding carboxylic acids is 1. The third-order valence-electron chi connectivity index (χ3n) is 2.81. The van der Waals surface area contributed by atoms with E-state index in [0.29, 0.717) is 15.6 Å². The van der Waals surface area contributed by atoms with Gasteiger partial charge in [-0.3, -0.25) is 19.7 Å². The first-order valence-electron chi connectivity index (χ1n) is 6.44. The van der Waals surface area contributed by atoms with E-state index in [2.05, 4.69) is 15.3 Å². The third-order valence-corrected chi connectivity index (χ3v) is 3.40. The molecular weight excluding hydrogens is 363 g/mol. The summed E-state index contributed by atoms with van der Waals surface area (Å²) in [6.45, 7) is -0.439. The lowest BCUT2D eigenvalue weighted by Gasteiger charge is -2.08. The van der Waals surface area contributed by atoms with Crippen molar-refractivity contribution in [2.24, 2.45) is 0 Å². The van der Waals surface area contributed by atoms with Crippen molar-refractivity contribution in [3.05, 3.63) is 60.6 Å². The number of nitrogens with zero attached hydrogens (tertiary/aromatic N) is 2. The number of carbonyl (C=O) groups is 1. The summed E-state index contributed by atoms with van der Waals surface area (Å²) in [5, 5.41) is 14.2. The van der Waals surface area contributed by atoms with Crippen LogP contribution in [0.15, 0.2) is 29.3 Å². The number of nitro groups is 1. The summed E-state index contributed by atoms with van der Waals surface area (Å²) in [6, 6.07) is 4.80. The number of hydrogen-bond acceptors (Lipinski definition) is 6. The van der Waals surface area contributed by atoms with E-state index in [4.69, 9.17) is 27.9 Å². The van der Waals surface area contributed by atoms with Crippen LogP contribution in [0, 0.1) is 10.1 Å². The normalized spacial score (nSPS) is 10.2. The van der Waals surface area contributed by atoms with Gasteiger partial charge in [-0.05, 0) is 17.7 Å². The van der Waals surface area contributed by atoms with E-state index in [1.807, 2.05) is 0 Å². The van der Waals surface area contributed by atoms with E-state index < -0.39 is 34.6 Å². The Hall–Kier alpha value is -2.65. The molecule has 24 heavy (non-hydrogen) atoms. The van der Waals surface area contributed by atoms with Gasteiger partial charge in [0.05, 0.1) is 11.3 Å². The second-order valence-corrected chi connectivity index (χ2v) is 5.29. The van der Waals surface area contributed by atoms with Crippen molar-refractivity contribution in [2.45, 2.75) is 6.54 Å². The van der Waals surface area contributed by atoms with Gasteiger partial charge in [0, 0.05) is 16.6 Å². The van der Waals surface area contributed by atoms with Crippen LogP contribution in [-0.2, 0) is 11.3 Å². The first-order valence-corrected chi connectivity index (χ1v) is 7.19. The second kappa shape index (κ2) is 7.75. The molecule has 2 rings (SSSR count). The third kappa shape index (κ3) is 4.43. The van der Waals surface area contributed by atoms with Crippen LogP contribution in [0.3, 0.4) is 0 Å². The Labute approximate surface area is 144 Å². The van der Waals surface area contributed by atoms with Crippen LogP contribution in [0.1, 0.15) is 5.56 Å². The van der Waals surface area contributed by atoms with Gasteiger partial charge in [0.15, 0.2) is 6.61 Å². The minimum absolute atomic E-state index is 0.114. The van der Waals surface area contributed by atoms with Crippen LogP contribution in [0.4, 0.5) is 5.69 Å². The summed E-state index contributed by atoms with van der Waals surface area (Å²) in [4.78, 5) is 38.6. The van der Waals surface area contributed by atoms with Gasteiger partial charge in [0.25, 0.3) is 5.91 Å². The average Bonchev–Trinajstić information content (AvgIpc) is 2.51. The lowest BCUT2D eigenvalue weighted by atomic mass is 10.2. The molecule has 0 radical (unpaired) electrons. The number of H-pyrrole nitrogens is 1. The lowest BCUT2D eigenvalue weighted by molar-refractivity contribution is -0.387. The van der Waals surface area contributed by atoms with Crippen LogP contribution in [0.5, 0.6) is 5.88 Å². The average molecular weight is 373 g/mol. The number of hydrogen-bond donors (Lipinski definition) is 2. The number of ether oxygens (including phenoxy) is 1. The standard InChI is InChI=1S/C13H10Cl2N4O5/c14-8-2-1-7(9(15)3-8)4-16-10(20)5-24-13-11(19(22)23)12(21)17-6-18-13/h1-3,6H,4-5H2,(H,16,20)(H,17,18,21). The molecule has 0 fully saturated rings. The first kappa shape index (κ1) is 17.7. The smallest absolute Gasteiger partial charge is 0.395 e. The molecule has 1 aromatic heterocycles. The Morgan fingerprint density at radius 1 is 1.42 bits per heavy atom. The molecule has 0 bridgehead atoms. The van der Waals surface area contributed by atoms with Crippen molar-refractivity contribution >= 4 is 34.8 Å². The Balaban J connectivity index is 1.96. The van der Waals surface area contributed by atoms with E-state index in [9.17, 15) is 19.7 Å². The fourth-order valence-corrected chi connectivity index (χ4v) is 2.16. The highest BCUT2D eigenvalue weighted by atomic mass is 35.5. The second-order valence-electron chi connectivity index (χ2n) is 4.44. The van der Waals surface area contributed by atoms with Crippen molar-refractivity contribution < 1.29 is 14.5 Å². The number of amides is 1. The molecule has 1 heterocycles. The molecule has 1 aromatic carbocycles. The van der Waals surface area contributed by atoms with Crippen LogP contribution in [0.25, 0.3) is 0 Å². The van der Waals surface area contributed by atoms with Crippen molar-refractivity contribution in [1.29, 1.82) is 0 Å². The van der Waals surface area contributed by atoms with Gasteiger partial charge in [-0.1, -0.05) is 29.3 Å². The minimum Gasteiger partial charge on any atom is -0.463 e. The molecule has 0 saturated heterocycles. The quantitative estimate of drug-likeness (QED) is 0.586. The monoisotopic (exact) mass is 372 g/mol. The van der Waals surface area contributed by atoms with Crippen LogP contribution < -0.4 is 15.6 Å². The molecule has 0 spiro atoms. The lowest BCUT2D eigenvalue weighted by Crippen LogP contribution is -2.29. The molecule has 2 aromatic rings. The zero-order chi connectivity index (χ0) is 17.7. The van der Waals surface area contributed by atoms with E-state index >= 15 is 0 Å². The Bertz CT molecular complexity index is 839. The summed E-state index contributed by atoms with van der Waals surface area (Å²) in [5.41, 5.74) is -1.21. The number of aromatic nitrogens is 2. The Morgan fingerprint density at radius 3 is 2.83 bits per heavy atom. The summed E-state index contributed by atoms with van der Waals surface area (Å²) >= 11 is 11.7. The van der Waals surface area contributed by atoms with Gasteiger partial charge >= 0.3 is 17.1 Å². The molecule has 11 heteroatoms. The number of rotatable bonds is 6. The van der Waals surface area contributed by atoms with Gasteiger partial charge in [-0.2, -0.15) is 4.98 Å². The summed E-state index contributed by atoms with van der Waals surface area (Å²) in [7, 11) is 0. The first-order chi connectivity index (χ1) is 11.4. The fraction of sp³-hybridized carbons (Fsp3) is 0.154. The molecule has 2 N–H and O–H groups in total. The van der Waals surface area contributed by atoms with Crippen molar-refractivity contribution in [3.63, 3.8) is 0 Å². The van der Waals surface area contributed by atoms with Gasteiger partial charge < -0.3 is 15.0 Å². The molecule has 0 aliphatic heterocycles. The van der Waals surface area contributed by atoms with E-state index in [1.165, 1.54) is 6.07 Å². The minimum atomic E-state index is -0.974. The maximum Gasteiger partial charge on any atom is 0.395 e. The topological polar surface area (TPSA) is 127 Å². The molecule has 0 aliphatic rings. The molecular formula is C13H10Cl2N4O5. The van der Waals surface area contributed by atoms with Gasteiger partial charge in [-0.15, -0.1) is 0 Å². The number of aromatic amines is 1. The molecule has 0 aliphatic carbocycles. The number of benzene rings is 1. The maximum atomic E-state index is 11.7. The predicted molar refractivity (Wildman–Crippen MR) is 85.3 cm³/mol.